The quantitative estimate of drug-likeness (QED) is 0.661. The van der Waals surface area contributed by atoms with Crippen LogP contribution in [-0.2, 0) is 11.3 Å². The van der Waals surface area contributed by atoms with Crippen LogP contribution in [0.1, 0.15) is 39.2 Å². The van der Waals surface area contributed by atoms with Crippen LogP contribution in [0.15, 0.2) is 23.3 Å². The van der Waals surface area contributed by atoms with Crippen molar-refractivity contribution in [3.63, 3.8) is 0 Å². The normalized spacial score (nSPS) is 22.6. The van der Waals surface area contributed by atoms with Gasteiger partial charge in [-0.2, -0.15) is 0 Å². The number of morpholine rings is 1. The Hall–Kier alpha value is -1.82. The van der Waals surface area contributed by atoms with Crippen molar-refractivity contribution < 1.29 is 4.74 Å². The van der Waals surface area contributed by atoms with Crippen molar-refractivity contribution >= 4 is 11.8 Å². The minimum atomic E-state index is 0.258. The Morgan fingerprint density at radius 2 is 2.12 bits per heavy atom. The molecular weight excluding hydrogens is 326 g/mol. The Balaban J connectivity index is 1.66. The van der Waals surface area contributed by atoms with E-state index in [4.69, 9.17) is 9.73 Å². The molecule has 0 aromatic carbocycles. The first-order valence-corrected chi connectivity index (χ1v) is 10.0. The van der Waals surface area contributed by atoms with Crippen LogP contribution in [0.3, 0.4) is 0 Å². The molecule has 3 rings (SSSR count). The maximum Gasteiger partial charge on any atom is 0.194 e. The second kappa shape index (κ2) is 9.21. The van der Waals surface area contributed by atoms with Gasteiger partial charge in [-0.3, -0.25) is 0 Å². The Morgan fingerprint density at radius 1 is 1.31 bits per heavy atom. The number of nitrogens with one attached hydrogen (secondary N) is 1. The van der Waals surface area contributed by atoms with Crippen LogP contribution in [0.25, 0.3) is 0 Å². The van der Waals surface area contributed by atoms with Crippen molar-refractivity contribution in [2.75, 3.05) is 44.2 Å². The van der Waals surface area contributed by atoms with E-state index in [1.165, 1.54) is 18.4 Å². The number of hydrogen-bond donors (Lipinski definition) is 1. The van der Waals surface area contributed by atoms with Crippen molar-refractivity contribution in [2.45, 2.75) is 46.3 Å². The van der Waals surface area contributed by atoms with Crippen molar-refractivity contribution in [1.29, 1.82) is 0 Å². The zero-order valence-corrected chi connectivity index (χ0v) is 16.4. The number of guanidine groups is 1. The highest BCUT2D eigenvalue weighted by Gasteiger charge is 2.19. The molecule has 6 nitrogen and oxygen atoms in total. The second-order valence-electron chi connectivity index (χ2n) is 7.49. The second-order valence-corrected chi connectivity index (χ2v) is 7.49. The van der Waals surface area contributed by atoms with Gasteiger partial charge in [0, 0.05) is 38.9 Å². The highest BCUT2D eigenvalue weighted by atomic mass is 16.5. The summed E-state index contributed by atoms with van der Waals surface area (Å²) in [5.74, 6) is 2.90. The lowest BCUT2D eigenvalue weighted by atomic mass is 10.00. The first kappa shape index (κ1) is 19.0. The molecule has 2 aliphatic heterocycles. The van der Waals surface area contributed by atoms with E-state index in [0.29, 0.717) is 6.54 Å². The number of nitrogens with zero attached hydrogens (tertiary/aromatic N) is 4. The van der Waals surface area contributed by atoms with Gasteiger partial charge < -0.3 is 19.9 Å². The summed E-state index contributed by atoms with van der Waals surface area (Å²) in [6.07, 6.45) is 4.66. The molecule has 2 fully saturated rings. The molecule has 6 heteroatoms. The lowest BCUT2D eigenvalue weighted by molar-refractivity contribution is 0.0529. The zero-order valence-electron chi connectivity index (χ0n) is 16.4. The van der Waals surface area contributed by atoms with Crippen LogP contribution >= 0.6 is 0 Å². The SMILES string of the molecule is CCNC(=NCc1ccnc(N2CCOC(C)C2)c1)N1CCC(C)CC1. The van der Waals surface area contributed by atoms with Crippen LogP contribution in [0, 0.1) is 5.92 Å². The lowest BCUT2D eigenvalue weighted by Gasteiger charge is -2.33. The molecular formula is C20H33N5O. The summed E-state index contributed by atoms with van der Waals surface area (Å²) in [5, 5.41) is 3.45. The zero-order chi connectivity index (χ0) is 18.4. The minimum absolute atomic E-state index is 0.258. The summed E-state index contributed by atoms with van der Waals surface area (Å²) in [6, 6.07) is 4.24. The number of aromatic nitrogens is 1. The van der Waals surface area contributed by atoms with Crippen LogP contribution in [-0.4, -0.2) is 61.3 Å². The maximum absolute atomic E-state index is 5.64. The van der Waals surface area contributed by atoms with Gasteiger partial charge in [-0.05, 0) is 50.3 Å². The molecule has 3 heterocycles. The van der Waals surface area contributed by atoms with Crippen molar-refractivity contribution in [3.8, 4) is 0 Å². The molecule has 26 heavy (non-hydrogen) atoms. The fourth-order valence-corrected chi connectivity index (χ4v) is 3.57. The Labute approximate surface area is 157 Å². The van der Waals surface area contributed by atoms with Gasteiger partial charge in [0.05, 0.1) is 19.3 Å². The summed E-state index contributed by atoms with van der Waals surface area (Å²) >= 11 is 0. The molecule has 0 amide bonds. The molecule has 1 unspecified atom stereocenters. The summed E-state index contributed by atoms with van der Waals surface area (Å²) in [7, 11) is 0. The molecule has 1 N–H and O–H groups in total. The summed E-state index contributed by atoms with van der Waals surface area (Å²) in [4.78, 5) is 14.2. The number of ether oxygens (including phenoxy) is 1. The van der Waals surface area contributed by atoms with E-state index < -0.39 is 0 Å². The molecule has 1 aromatic rings. The number of rotatable bonds is 4. The third-order valence-corrected chi connectivity index (χ3v) is 5.20. The molecule has 0 aliphatic carbocycles. The number of hydrogen-bond acceptors (Lipinski definition) is 4. The van der Waals surface area contributed by atoms with E-state index in [0.717, 1.165) is 57.0 Å². The predicted octanol–water partition coefficient (Wildman–Crippen LogP) is 2.50. The van der Waals surface area contributed by atoms with Gasteiger partial charge in [-0.25, -0.2) is 9.98 Å². The van der Waals surface area contributed by atoms with Gasteiger partial charge in [0.25, 0.3) is 0 Å². The lowest BCUT2D eigenvalue weighted by Crippen LogP contribution is -2.45. The van der Waals surface area contributed by atoms with E-state index in [1.807, 2.05) is 6.20 Å². The largest absolute Gasteiger partial charge is 0.375 e. The third kappa shape index (κ3) is 5.10. The van der Waals surface area contributed by atoms with Crippen LogP contribution in [0.2, 0.25) is 0 Å². The first-order valence-electron chi connectivity index (χ1n) is 10.0. The highest BCUT2D eigenvalue weighted by Crippen LogP contribution is 2.18. The van der Waals surface area contributed by atoms with E-state index in [9.17, 15) is 0 Å². The minimum Gasteiger partial charge on any atom is -0.375 e. The van der Waals surface area contributed by atoms with Crippen molar-refractivity contribution in [2.24, 2.45) is 10.9 Å². The molecule has 144 valence electrons. The van der Waals surface area contributed by atoms with Gasteiger partial charge >= 0.3 is 0 Å². The Morgan fingerprint density at radius 3 is 2.85 bits per heavy atom. The molecule has 0 saturated carbocycles. The fourth-order valence-electron chi connectivity index (χ4n) is 3.57. The number of aliphatic imine (C=N–C) groups is 1. The molecule has 1 atom stereocenters. The van der Waals surface area contributed by atoms with Gasteiger partial charge in [0.15, 0.2) is 5.96 Å². The van der Waals surface area contributed by atoms with E-state index >= 15 is 0 Å². The van der Waals surface area contributed by atoms with Gasteiger partial charge in [0.2, 0.25) is 0 Å². The number of anilines is 1. The standard InChI is InChI=1S/C20H33N5O/c1-4-21-20(24-9-6-16(2)7-10-24)23-14-18-5-8-22-19(13-18)25-11-12-26-17(3)15-25/h5,8,13,16-17H,4,6-7,9-12,14-15H2,1-3H3,(H,21,23). The Kier molecular flexibility index (Phi) is 6.72. The van der Waals surface area contributed by atoms with Crippen LogP contribution in [0.5, 0.6) is 0 Å². The number of likely N-dealkylation sites (tertiary alicyclic amines) is 1. The van der Waals surface area contributed by atoms with E-state index in [1.54, 1.807) is 0 Å². The third-order valence-electron chi connectivity index (χ3n) is 5.20. The average molecular weight is 360 g/mol. The monoisotopic (exact) mass is 359 g/mol. The van der Waals surface area contributed by atoms with E-state index in [2.05, 4.69) is 53.0 Å². The first-order chi connectivity index (χ1) is 12.7. The van der Waals surface area contributed by atoms with Gasteiger partial charge in [-0.15, -0.1) is 0 Å². The average Bonchev–Trinajstić information content (AvgIpc) is 2.66. The van der Waals surface area contributed by atoms with Crippen LogP contribution in [0.4, 0.5) is 5.82 Å². The fraction of sp³-hybridized carbons (Fsp3) is 0.700. The smallest absolute Gasteiger partial charge is 0.194 e. The Bertz CT molecular complexity index is 598. The molecule has 0 spiro atoms. The summed E-state index contributed by atoms with van der Waals surface area (Å²) in [5.41, 5.74) is 1.20. The van der Waals surface area contributed by atoms with Crippen LogP contribution < -0.4 is 10.2 Å². The summed E-state index contributed by atoms with van der Waals surface area (Å²) < 4.78 is 5.64. The topological polar surface area (TPSA) is 53.0 Å². The number of piperidine rings is 1. The highest BCUT2D eigenvalue weighted by molar-refractivity contribution is 5.80. The van der Waals surface area contributed by atoms with Gasteiger partial charge in [0.1, 0.15) is 5.82 Å². The van der Waals surface area contributed by atoms with Crippen molar-refractivity contribution in [1.82, 2.24) is 15.2 Å². The molecule has 2 saturated heterocycles. The number of pyridine rings is 1. The van der Waals surface area contributed by atoms with Gasteiger partial charge in [-0.1, -0.05) is 6.92 Å². The van der Waals surface area contributed by atoms with Crippen molar-refractivity contribution in [3.05, 3.63) is 23.9 Å². The maximum atomic E-state index is 5.64. The molecule has 1 aromatic heterocycles. The predicted molar refractivity (Wildman–Crippen MR) is 107 cm³/mol. The molecule has 0 radical (unpaired) electrons. The van der Waals surface area contributed by atoms with E-state index in [-0.39, 0.29) is 6.10 Å². The molecule has 0 bridgehead atoms. The summed E-state index contributed by atoms with van der Waals surface area (Å²) in [6.45, 7) is 12.9. The molecule has 2 aliphatic rings.